The van der Waals surface area contributed by atoms with Gasteiger partial charge >= 0.3 is 0 Å². The number of allylic oxidation sites excluding steroid dienone is 2. The van der Waals surface area contributed by atoms with Crippen molar-refractivity contribution in [3.8, 4) is 0 Å². The second-order valence-electron chi connectivity index (χ2n) is 4.27. The Hall–Kier alpha value is -1.32. The fourth-order valence-electron chi connectivity index (χ4n) is 1.26. The molecule has 0 radical (unpaired) electrons. The van der Waals surface area contributed by atoms with Gasteiger partial charge in [0.2, 0.25) is 5.91 Å². The topological polar surface area (TPSA) is 44.7 Å². The lowest BCUT2D eigenvalue weighted by molar-refractivity contribution is -0.120. The molecule has 0 rings (SSSR count). The van der Waals surface area contributed by atoms with E-state index in [-0.39, 0.29) is 5.91 Å². The van der Waals surface area contributed by atoms with Gasteiger partial charge in [0, 0.05) is 20.0 Å². The molecule has 0 aromatic rings. The number of nitrogens with zero attached hydrogens (tertiary/aromatic N) is 2. The quantitative estimate of drug-likeness (QED) is 0.546. The number of hydrazone groups is 1. The molecule has 0 bridgehead atoms. The summed E-state index contributed by atoms with van der Waals surface area (Å²) in [4.78, 5) is 11.0. The van der Waals surface area contributed by atoms with Crippen LogP contribution in [0.2, 0.25) is 0 Å². The summed E-state index contributed by atoms with van der Waals surface area (Å²) in [5.41, 5.74) is 1.22. The van der Waals surface area contributed by atoms with Crippen LogP contribution in [0.5, 0.6) is 0 Å². The van der Waals surface area contributed by atoms with E-state index in [9.17, 15) is 4.79 Å². The van der Waals surface area contributed by atoms with Crippen LogP contribution in [0, 0.1) is 5.92 Å². The Morgan fingerprint density at radius 3 is 2.59 bits per heavy atom. The smallest absolute Gasteiger partial charge is 0.219 e. The van der Waals surface area contributed by atoms with Gasteiger partial charge in [0.1, 0.15) is 0 Å². The molecule has 0 spiro atoms. The van der Waals surface area contributed by atoms with Gasteiger partial charge in [-0.1, -0.05) is 26.8 Å². The number of rotatable bonds is 7. The lowest BCUT2D eigenvalue weighted by Crippen LogP contribution is -2.30. The van der Waals surface area contributed by atoms with Crippen LogP contribution < -0.4 is 5.32 Å². The Kier molecular flexibility index (Phi) is 8.11. The highest BCUT2D eigenvalue weighted by molar-refractivity contribution is 5.78. The van der Waals surface area contributed by atoms with Crippen LogP contribution in [0.25, 0.3) is 0 Å². The molecule has 0 fully saturated rings. The molecule has 0 aliphatic carbocycles. The summed E-state index contributed by atoms with van der Waals surface area (Å²) in [7, 11) is 1.90. The fourth-order valence-corrected chi connectivity index (χ4v) is 1.26. The van der Waals surface area contributed by atoms with Crippen molar-refractivity contribution < 1.29 is 4.79 Å². The highest BCUT2D eigenvalue weighted by Crippen LogP contribution is 2.06. The zero-order valence-corrected chi connectivity index (χ0v) is 11.7. The average molecular weight is 239 g/mol. The molecular weight excluding hydrogens is 214 g/mol. The SMILES string of the molecule is C/C=C(\C=N/N(C)CCNC(=O)CC)C(C)C. The summed E-state index contributed by atoms with van der Waals surface area (Å²) in [6.45, 7) is 9.50. The molecule has 0 heterocycles. The van der Waals surface area contributed by atoms with Gasteiger partial charge in [-0.2, -0.15) is 5.10 Å². The van der Waals surface area contributed by atoms with Gasteiger partial charge in [-0.15, -0.1) is 0 Å². The van der Waals surface area contributed by atoms with Gasteiger partial charge in [0.25, 0.3) is 0 Å². The Balaban J connectivity index is 3.97. The van der Waals surface area contributed by atoms with Crippen LogP contribution in [0.3, 0.4) is 0 Å². The lowest BCUT2D eigenvalue weighted by atomic mass is 10.1. The van der Waals surface area contributed by atoms with Crippen LogP contribution >= 0.6 is 0 Å². The van der Waals surface area contributed by atoms with Crippen LogP contribution in [0.4, 0.5) is 0 Å². The molecular formula is C13H25N3O. The average Bonchev–Trinajstić information content (AvgIpc) is 2.29. The highest BCUT2D eigenvalue weighted by atomic mass is 16.1. The second-order valence-corrected chi connectivity index (χ2v) is 4.27. The number of hydrogen-bond acceptors (Lipinski definition) is 3. The zero-order valence-electron chi connectivity index (χ0n) is 11.7. The molecule has 1 amide bonds. The van der Waals surface area contributed by atoms with Gasteiger partial charge in [0.15, 0.2) is 0 Å². The Labute approximate surface area is 105 Å². The van der Waals surface area contributed by atoms with Crippen molar-refractivity contribution in [1.82, 2.24) is 10.3 Å². The van der Waals surface area contributed by atoms with Crippen molar-refractivity contribution >= 4 is 12.1 Å². The summed E-state index contributed by atoms with van der Waals surface area (Å²) in [5.74, 6) is 0.565. The van der Waals surface area contributed by atoms with E-state index >= 15 is 0 Å². The summed E-state index contributed by atoms with van der Waals surface area (Å²) >= 11 is 0. The minimum Gasteiger partial charge on any atom is -0.354 e. The molecule has 98 valence electrons. The van der Waals surface area contributed by atoms with E-state index in [2.05, 4.69) is 30.3 Å². The van der Waals surface area contributed by atoms with Crippen molar-refractivity contribution in [2.75, 3.05) is 20.1 Å². The first-order valence-corrected chi connectivity index (χ1v) is 6.19. The normalized spacial score (nSPS) is 12.2. The van der Waals surface area contributed by atoms with Gasteiger partial charge in [-0.25, -0.2) is 0 Å². The van der Waals surface area contributed by atoms with Gasteiger partial charge in [-0.05, 0) is 18.4 Å². The molecule has 0 aliphatic rings. The molecule has 0 aliphatic heterocycles. The summed E-state index contributed by atoms with van der Waals surface area (Å²) in [5, 5.41) is 8.98. The van der Waals surface area contributed by atoms with E-state index in [0.717, 1.165) is 6.54 Å². The van der Waals surface area contributed by atoms with E-state index in [4.69, 9.17) is 0 Å². The largest absolute Gasteiger partial charge is 0.354 e. The maximum atomic E-state index is 11.0. The lowest BCUT2D eigenvalue weighted by Gasteiger charge is -2.14. The van der Waals surface area contributed by atoms with Crippen molar-refractivity contribution in [2.45, 2.75) is 34.1 Å². The third-order valence-corrected chi connectivity index (χ3v) is 2.48. The molecule has 0 aromatic carbocycles. The van der Waals surface area contributed by atoms with E-state index in [1.165, 1.54) is 5.57 Å². The van der Waals surface area contributed by atoms with Crippen molar-refractivity contribution in [1.29, 1.82) is 0 Å². The van der Waals surface area contributed by atoms with E-state index in [0.29, 0.717) is 18.9 Å². The molecule has 0 atom stereocenters. The maximum Gasteiger partial charge on any atom is 0.219 e. The number of amides is 1. The summed E-state index contributed by atoms with van der Waals surface area (Å²) in [6, 6.07) is 0. The molecule has 4 nitrogen and oxygen atoms in total. The van der Waals surface area contributed by atoms with Gasteiger partial charge < -0.3 is 5.32 Å². The monoisotopic (exact) mass is 239 g/mol. The van der Waals surface area contributed by atoms with Gasteiger partial charge in [0.05, 0.1) is 12.8 Å². The summed E-state index contributed by atoms with van der Waals surface area (Å²) in [6.07, 6.45) is 4.48. The standard InChI is InChI=1S/C13H25N3O/c1-6-12(11(3)4)10-15-16(5)9-8-14-13(17)7-2/h6,10-11H,7-9H2,1-5H3,(H,14,17)/b12-6+,15-10-. The predicted octanol–water partition coefficient (Wildman–Crippen LogP) is 2.03. The van der Waals surface area contributed by atoms with Crippen LogP contribution in [0.15, 0.2) is 16.8 Å². The van der Waals surface area contributed by atoms with Crippen molar-refractivity contribution in [3.63, 3.8) is 0 Å². The third kappa shape index (κ3) is 7.55. The van der Waals surface area contributed by atoms with E-state index < -0.39 is 0 Å². The number of nitrogens with one attached hydrogen (secondary N) is 1. The Morgan fingerprint density at radius 2 is 2.12 bits per heavy atom. The number of carbonyl (C=O) groups is 1. The van der Waals surface area contributed by atoms with Crippen LogP contribution in [0.1, 0.15) is 34.1 Å². The number of likely N-dealkylation sites (N-methyl/N-ethyl adjacent to an activating group) is 1. The van der Waals surface area contributed by atoms with E-state index in [1.807, 2.05) is 32.1 Å². The predicted molar refractivity (Wildman–Crippen MR) is 73.0 cm³/mol. The van der Waals surface area contributed by atoms with Gasteiger partial charge in [-0.3, -0.25) is 9.80 Å². The molecule has 17 heavy (non-hydrogen) atoms. The minimum atomic E-state index is 0.0821. The van der Waals surface area contributed by atoms with E-state index in [1.54, 1.807) is 0 Å². The Bertz CT molecular complexity index is 282. The van der Waals surface area contributed by atoms with Crippen LogP contribution in [-0.4, -0.2) is 37.3 Å². The minimum absolute atomic E-state index is 0.0821. The first-order chi connectivity index (χ1) is 8.01. The van der Waals surface area contributed by atoms with Crippen molar-refractivity contribution in [2.24, 2.45) is 11.0 Å². The fraction of sp³-hybridized carbons (Fsp3) is 0.692. The molecule has 0 saturated heterocycles. The molecule has 4 heteroatoms. The molecule has 1 N–H and O–H groups in total. The first-order valence-electron chi connectivity index (χ1n) is 6.19. The van der Waals surface area contributed by atoms with Crippen molar-refractivity contribution in [3.05, 3.63) is 11.6 Å². The maximum absolute atomic E-state index is 11.0. The first kappa shape index (κ1) is 15.7. The van der Waals surface area contributed by atoms with Crippen LogP contribution in [-0.2, 0) is 4.79 Å². The number of hydrogen-bond donors (Lipinski definition) is 1. The molecule has 0 unspecified atom stereocenters. The second kappa shape index (κ2) is 8.79. The number of carbonyl (C=O) groups excluding carboxylic acids is 1. The third-order valence-electron chi connectivity index (χ3n) is 2.48. The molecule has 0 aromatic heterocycles. The zero-order chi connectivity index (χ0) is 13.3. The highest BCUT2D eigenvalue weighted by Gasteiger charge is 2.00. The Morgan fingerprint density at radius 1 is 1.47 bits per heavy atom. The summed E-state index contributed by atoms with van der Waals surface area (Å²) < 4.78 is 0. The molecule has 0 saturated carbocycles.